The molecule has 8 heteroatoms. The van der Waals surface area contributed by atoms with Gasteiger partial charge in [0.2, 0.25) is 0 Å². The molecule has 0 aromatic heterocycles. The van der Waals surface area contributed by atoms with Crippen LogP contribution in [0.25, 0.3) is 0 Å². The Kier molecular flexibility index (Phi) is 3.67. The van der Waals surface area contributed by atoms with Gasteiger partial charge in [0.1, 0.15) is 6.54 Å². The third-order valence-corrected chi connectivity index (χ3v) is 6.15. The average Bonchev–Trinajstić information content (AvgIpc) is 2.91. The molecule has 1 amide bonds. The molecule has 0 saturated carbocycles. The number of benzene rings is 1. The molecule has 2 aliphatic heterocycles. The summed E-state index contributed by atoms with van der Waals surface area (Å²) in [4.78, 5) is 15.4. The molecule has 0 N–H and O–H groups in total. The van der Waals surface area contributed by atoms with Crippen LogP contribution in [0.4, 0.5) is 5.69 Å². The summed E-state index contributed by atoms with van der Waals surface area (Å²) in [5.74, 6) is 0.0764. The highest BCUT2D eigenvalue weighted by molar-refractivity contribution is 7.91. The summed E-state index contributed by atoms with van der Waals surface area (Å²) in [7, 11) is -3.01. The predicted octanol–water partition coefficient (Wildman–Crippen LogP) is 1.46. The number of hydrogen-bond donors (Lipinski definition) is 0. The minimum absolute atomic E-state index is 0.0644. The largest absolute Gasteiger partial charge is 0.335 e. The fraction of sp³-hybridized carbons (Fsp3) is 0.385. The number of carbonyl (C=O) groups excluding carboxylic acids is 1. The summed E-state index contributed by atoms with van der Waals surface area (Å²) >= 11 is 11.2. The van der Waals surface area contributed by atoms with E-state index in [4.69, 9.17) is 23.8 Å². The molecular weight excluding hydrogens is 332 g/mol. The lowest BCUT2D eigenvalue weighted by molar-refractivity contribution is -0.116. The van der Waals surface area contributed by atoms with Crippen molar-refractivity contribution in [3.63, 3.8) is 0 Å². The molecule has 2 aliphatic rings. The van der Waals surface area contributed by atoms with Crippen molar-refractivity contribution in [2.75, 3.05) is 23.0 Å². The number of rotatable bonds is 2. The van der Waals surface area contributed by atoms with E-state index >= 15 is 0 Å². The number of thiocarbonyl (C=S) groups is 1. The van der Waals surface area contributed by atoms with Crippen LogP contribution >= 0.6 is 23.8 Å². The van der Waals surface area contributed by atoms with E-state index < -0.39 is 9.84 Å². The fourth-order valence-electron chi connectivity index (χ4n) is 2.67. The zero-order valence-electron chi connectivity index (χ0n) is 11.0. The standard InChI is InChI=1S/C13H13ClN2O3S2/c14-9-1-3-10(4-2-9)16-12(17)7-15(13(16)20)11-5-6-21(18,19)8-11/h1-4,11H,5-8H2. The Bertz CT molecular complexity index is 703. The summed E-state index contributed by atoms with van der Waals surface area (Å²) in [6.45, 7) is 0.127. The molecule has 0 aliphatic carbocycles. The van der Waals surface area contributed by atoms with Gasteiger partial charge in [-0.2, -0.15) is 0 Å². The first-order valence-corrected chi connectivity index (χ1v) is 9.08. The van der Waals surface area contributed by atoms with Gasteiger partial charge in [0, 0.05) is 11.1 Å². The number of anilines is 1. The Hall–Kier alpha value is -1.18. The van der Waals surface area contributed by atoms with Gasteiger partial charge in [0.05, 0.1) is 17.2 Å². The number of nitrogens with zero attached hydrogens (tertiary/aromatic N) is 2. The molecule has 1 aromatic carbocycles. The maximum Gasteiger partial charge on any atom is 0.252 e. The van der Waals surface area contributed by atoms with Gasteiger partial charge in [-0.25, -0.2) is 8.42 Å². The number of amides is 1. The highest BCUT2D eigenvalue weighted by atomic mass is 35.5. The molecule has 2 fully saturated rings. The lowest BCUT2D eigenvalue weighted by Gasteiger charge is -2.25. The van der Waals surface area contributed by atoms with E-state index in [1.165, 1.54) is 4.90 Å². The number of sulfone groups is 1. The van der Waals surface area contributed by atoms with Crippen molar-refractivity contribution in [1.29, 1.82) is 0 Å². The lowest BCUT2D eigenvalue weighted by atomic mass is 10.2. The van der Waals surface area contributed by atoms with Crippen molar-refractivity contribution in [2.45, 2.75) is 12.5 Å². The fourth-order valence-corrected chi connectivity index (χ4v) is 4.95. The van der Waals surface area contributed by atoms with Gasteiger partial charge in [-0.1, -0.05) is 11.6 Å². The predicted molar refractivity (Wildman–Crippen MR) is 85.3 cm³/mol. The molecule has 2 saturated heterocycles. The SMILES string of the molecule is O=C1CN(C2CCS(=O)(=O)C2)C(=S)N1c1ccc(Cl)cc1. The van der Waals surface area contributed by atoms with Crippen LogP contribution in [0.2, 0.25) is 5.02 Å². The van der Waals surface area contributed by atoms with Crippen molar-refractivity contribution in [2.24, 2.45) is 0 Å². The molecule has 2 heterocycles. The van der Waals surface area contributed by atoms with E-state index in [0.717, 1.165) is 0 Å². The van der Waals surface area contributed by atoms with Crippen LogP contribution < -0.4 is 4.90 Å². The summed E-state index contributed by atoms with van der Waals surface area (Å²) < 4.78 is 23.2. The molecule has 3 rings (SSSR count). The summed E-state index contributed by atoms with van der Waals surface area (Å²) in [6.07, 6.45) is 0.518. The van der Waals surface area contributed by atoms with Crippen LogP contribution in [0, 0.1) is 0 Å². The maximum absolute atomic E-state index is 12.2. The maximum atomic E-state index is 12.2. The normalized spacial score (nSPS) is 24.9. The van der Waals surface area contributed by atoms with Gasteiger partial charge in [-0.05, 0) is 42.9 Å². The molecule has 1 unspecified atom stereocenters. The molecular formula is C13H13ClN2O3S2. The molecule has 0 bridgehead atoms. The minimum Gasteiger partial charge on any atom is -0.335 e. The molecule has 5 nitrogen and oxygen atoms in total. The summed E-state index contributed by atoms with van der Waals surface area (Å²) in [5.41, 5.74) is 0.651. The van der Waals surface area contributed by atoms with Gasteiger partial charge in [0.25, 0.3) is 5.91 Å². The van der Waals surface area contributed by atoms with E-state index in [-0.39, 0.29) is 30.0 Å². The minimum atomic E-state index is -3.01. The Morgan fingerprint density at radius 1 is 1.24 bits per heavy atom. The van der Waals surface area contributed by atoms with Crippen LogP contribution in [0.15, 0.2) is 24.3 Å². The highest BCUT2D eigenvalue weighted by Gasteiger charge is 2.41. The summed E-state index contributed by atoms with van der Waals surface area (Å²) in [5, 5.41) is 0.944. The van der Waals surface area contributed by atoms with Crippen LogP contribution in [-0.4, -0.2) is 48.4 Å². The van der Waals surface area contributed by atoms with Crippen molar-refractivity contribution in [3.05, 3.63) is 29.3 Å². The zero-order chi connectivity index (χ0) is 15.2. The first-order valence-electron chi connectivity index (χ1n) is 6.47. The Balaban J connectivity index is 1.84. The van der Waals surface area contributed by atoms with Gasteiger partial charge < -0.3 is 4.90 Å². The summed E-state index contributed by atoms with van der Waals surface area (Å²) in [6, 6.07) is 6.62. The van der Waals surface area contributed by atoms with E-state index in [2.05, 4.69) is 0 Å². The third kappa shape index (κ3) is 2.77. The number of carbonyl (C=O) groups is 1. The van der Waals surface area contributed by atoms with Gasteiger partial charge in [-0.3, -0.25) is 9.69 Å². The molecule has 21 heavy (non-hydrogen) atoms. The Morgan fingerprint density at radius 3 is 2.48 bits per heavy atom. The molecule has 0 radical (unpaired) electrons. The second kappa shape index (κ2) is 5.23. The van der Waals surface area contributed by atoms with E-state index in [1.54, 1.807) is 29.2 Å². The first-order chi connectivity index (χ1) is 9.87. The number of hydrogen-bond acceptors (Lipinski definition) is 4. The van der Waals surface area contributed by atoms with Gasteiger partial charge in [0.15, 0.2) is 14.9 Å². The second-order valence-corrected chi connectivity index (χ2v) is 8.20. The zero-order valence-corrected chi connectivity index (χ0v) is 13.4. The van der Waals surface area contributed by atoms with Crippen molar-refractivity contribution in [3.8, 4) is 0 Å². The van der Waals surface area contributed by atoms with Crippen molar-refractivity contribution < 1.29 is 13.2 Å². The first kappa shape index (κ1) is 14.7. The monoisotopic (exact) mass is 344 g/mol. The van der Waals surface area contributed by atoms with Crippen LogP contribution in [0.5, 0.6) is 0 Å². The topological polar surface area (TPSA) is 57.7 Å². The van der Waals surface area contributed by atoms with Crippen LogP contribution in [0.3, 0.4) is 0 Å². The third-order valence-electron chi connectivity index (χ3n) is 3.73. The van der Waals surface area contributed by atoms with Crippen molar-refractivity contribution >= 4 is 50.4 Å². The van der Waals surface area contributed by atoms with Crippen LogP contribution in [0.1, 0.15) is 6.42 Å². The molecule has 112 valence electrons. The van der Waals surface area contributed by atoms with E-state index in [1.807, 2.05) is 0 Å². The van der Waals surface area contributed by atoms with Gasteiger partial charge in [-0.15, -0.1) is 0 Å². The Labute approximate surface area is 133 Å². The van der Waals surface area contributed by atoms with Crippen LogP contribution in [-0.2, 0) is 14.6 Å². The van der Waals surface area contributed by atoms with E-state index in [9.17, 15) is 13.2 Å². The smallest absolute Gasteiger partial charge is 0.252 e. The van der Waals surface area contributed by atoms with Crippen molar-refractivity contribution in [1.82, 2.24) is 4.90 Å². The number of halogens is 1. The average molecular weight is 345 g/mol. The molecule has 1 aromatic rings. The molecule has 1 atom stereocenters. The van der Waals surface area contributed by atoms with Gasteiger partial charge >= 0.3 is 0 Å². The Morgan fingerprint density at radius 2 is 1.90 bits per heavy atom. The van der Waals surface area contributed by atoms with E-state index in [0.29, 0.717) is 22.2 Å². The quantitative estimate of drug-likeness (QED) is 0.760. The second-order valence-electron chi connectivity index (χ2n) is 5.17. The lowest BCUT2D eigenvalue weighted by Crippen LogP contribution is -2.39. The highest BCUT2D eigenvalue weighted by Crippen LogP contribution is 2.27. The molecule has 0 spiro atoms.